The van der Waals surface area contributed by atoms with Gasteiger partial charge in [-0.15, -0.1) is 0 Å². The zero-order chi connectivity index (χ0) is 9.42. The van der Waals surface area contributed by atoms with Crippen molar-refractivity contribution in [3.8, 4) is 6.19 Å². The molecular weight excluding hydrogens is 157 g/mol. The summed E-state index contributed by atoms with van der Waals surface area (Å²) in [7, 11) is 0. The maximum absolute atomic E-state index is 12.8. The van der Waals surface area contributed by atoms with Gasteiger partial charge in [0.05, 0.1) is 11.0 Å². The Bertz CT molecular complexity index is 512. The standard InChI is InChI=1S/C8H4FN3/c9-6-1-2-7-8(3-6)12(4-10)5-11-7/h1-3,5H/i5D. The Labute approximate surface area is 69.1 Å². The topological polar surface area (TPSA) is 41.6 Å². The van der Waals surface area contributed by atoms with Gasteiger partial charge in [0, 0.05) is 6.07 Å². The lowest BCUT2D eigenvalue weighted by Gasteiger charge is -1.90. The minimum Gasteiger partial charge on any atom is -0.236 e. The van der Waals surface area contributed by atoms with E-state index in [2.05, 4.69) is 4.98 Å². The van der Waals surface area contributed by atoms with Crippen LogP contribution in [0.4, 0.5) is 4.39 Å². The van der Waals surface area contributed by atoms with E-state index >= 15 is 0 Å². The van der Waals surface area contributed by atoms with E-state index in [1.54, 1.807) is 6.19 Å². The van der Waals surface area contributed by atoms with Crippen LogP contribution in [0.5, 0.6) is 0 Å². The lowest BCUT2D eigenvalue weighted by Crippen LogP contribution is -1.84. The van der Waals surface area contributed by atoms with Crippen LogP contribution in [0.15, 0.2) is 24.5 Å². The van der Waals surface area contributed by atoms with Gasteiger partial charge < -0.3 is 0 Å². The van der Waals surface area contributed by atoms with E-state index < -0.39 is 5.82 Å². The third-order valence-electron chi connectivity index (χ3n) is 1.55. The molecule has 0 amide bonds. The number of hydrogen-bond donors (Lipinski definition) is 0. The van der Waals surface area contributed by atoms with Crippen molar-refractivity contribution < 1.29 is 5.76 Å². The third-order valence-corrected chi connectivity index (χ3v) is 1.55. The van der Waals surface area contributed by atoms with Crippen LogP contribution in [-0.4, -0.2) is 9.55 Å². The Kier molecular flexibility index (Phi) is 1.10. The molecule has 0 saturated heterocycles. The summed E-state index contributed by atoms with van der Waals surface area (Å²) in [5.41, 5.74) is 0.778. The van der Waals surface area contributed by atoms with Crippen molar-refractivity contribution in [2.75, 3.05) is 0 Å². The fraction of sp³-hybridized carbons (Fsp3) is 0. The largest absolute Gasteiger partial charge is 0.236 e. The van der Waals surface area contributed by atoms with Crippen LogP contribution in [0.25, 0.3) is 11.0 Å². The van der Waals surface area contributed by atoms with Crippen molar-refractivity contribution in [1.29, 1.82) is 5.26 Å². The molecule has 0 bridgehead atoms. The summed E-state index contributed by atoms with van der Waals surface area (Å²) >= 11 is 0. The van der Waals surface area contributed by atoms with E-state index in [0.717, 1.165) is 4.57 Å². The number of nitrogens with zero attached hydrogens (tertiary/aromatic N) is 3. The Morgan fingerprint density at radius 3 is 3.25 bits per heavy atom. The first-order valence-corrected chi connectivity index (χ1v) is 3.27. The SMILES string of the molecule is [2H]c1nc2ccc(F)cc2n1C#N. The predicted molar refractivity (Wildman–Crippen MR) is 40.7 cm³/mol. The minimum atomic E-state index is -0.441. The summed E-state index contributed by atoms with van der Waals surface area (Å²) in [5, 5.41) is 8.63. The first-order valence-electron chi connectivity index (χ1n) is 3.77. The van der Waals surface area contributed by atoms with Gasteiger partial charge in [0.1, 0.15) is 13.5 Å². The molecule has 0 N–H and O–H groups in total. The smallest absolute Gasteiger partial charge is 0.190 e. The summed E-state index contributed by atoms with van der Waals surface area (Å²) < 4.78 is 21.0. The van der Waals surface area contributed by atoms with E-state index in [0.29, 0.717) is 11.0 Å². The number of nitriles is 1. The van der Waals surface area contributed by atoms with E-state index in [1.807, 2.05) is 0 Å². The number of benzene rings is 1. The zero-order valence-corrected chi connectivity index (χ0v) is 5.95. The molecule has 0 aliphatic heterocycles. The normalized spacial score (nSPS) is 11.2. The van der Waals surface area contributed by atoms with Crippen molar-refractivity contribution in [1.82, 2.24) is 9.55 Å². The average molecular weight is 162 g/mol. The molecule has 12 heavy (non-hydrogen) atoms. The van der Waals surface area contributed by atoms with Gasteiger partial charge in [-0.3, -0.25) is 0 Å². The molecule has 1 heterocycles. The maximum atomic E-state index is 12.8. The van der Waals surface area contributed by atoms with Gasteiger partial charge in [0.15, 0.2) is 6.19 Å². The molecule has 3 nitrogen and oxygen atoms in total. The fourth-order valence-electron chi connectivity index (χ4n) is 1.00. The molecule has 0 saturated carbocycles. The van der Waals surface area contributed by atoms with Crippen LogP contribution >= 0.6 is 0 Å². The molecule has 1 aromatic carbocycles. The molecule has 0 radical (unpaired) electrons. The van der Waals surface area contributed by atoms with Crippen LogP contribution in [0, 0.1) is 17.3 Å². The van der Waals surface area contributed by atoms with Gasteiger partial charge in [0.25, 0.3) is 0 Å². The number of rotatable bonds is 0. The van der Waals surface area contributed by atoms with Crippen LogP contribution in [-0.2, 0) is 0 Å². The number of fused-ring (bicyclic) bond motifs is 1. The monoisotopic (exact) mass is 162 g/mol. The number of halogens is 1. The molecule has 2 aromatic rings. The summed E-state index contributed by atoms with van der Waals surface area (Å²) in [6.07, 6.45) is 1.57. The molecule has 58 valence electrons. The molecule has 4 heteroatoms. The van der Waals surface area contributed by atoms with Gasteiger partial charge in [0.2, 0.25) is 0 Å². The van der Waals surface area contributed by atoms with Crippen LogP contribution in [0.2, 0.25) is 0 Å². The van der Waals surface area contributed by atoms with Crippen molar-refractivity contribution in [3.05, 3.63) is 30.3 Å². The van der Waals surface area contributed by atoms with Gasteiger partial charge in [-0.25, -0.2) is 13.9 Å². The maximum Gasteiger partial charge on any atom is 0.190 e. The molecule has 0 unspecified atom stereocenters. The second kappa shape index (κ2) is 2.31. The molecule has 1 aromatic heterocycles. The quantitative estimate of drug-likeness (QED) is 0.589. The fourth-order valence-corrected chi connectivity index (χ4v) is 1.00. The predicted octanol–water partition coefficient (Wildman–Crippen LogP) is 1.50. The second-order valence-corrected chi connectivity index (χ2v) is 2.28. The summed E-state index contributed by atoms with van der Waals surface area (Å²) in [6.45, 7) is 0. The van der Waals surface area contributed by atoms with Crippen LogP contribution in [0.3, 0.4) is 0 Å². The van der Waals surface area contributed by atoms with Gasteiger partial charge in [-0.05, 0) is 12.1 Å². The highest BCUT2D eigenvalue weighted by Gasteiger charge is 2.01. The van der Waals surface area contributed by atoms with Crippen LogP contribution < -0.4 is 0 Å². The molecular formula is C8H4FN3. The zero-order valence-electron chi connectivity index (χ0n) is 6.95. The second-order valence-electron chi connectivity index (χ2n) is 2.28. The average Bonchev–Trinajstić information content (AvgIpc) is 2.40. The van der Waals surface area contributed by atoms with Crippen molar-refractivity contribution in [3.63, 3.8) is 0 Å². The Morgan fingerprint density at radius 1 is 1.67 bits per heavy atom. The molecule has 0 spiro atoms. The first kappa shape index (κ1) is 5.72. The van der Waals surface area contributed by atoms with Crippen molar-refractivity contribution in [2.24, 2.45) is 0 Å². The summed E-state index contributed by atoms with van der Waals surface area (Å²) in [5.74, 6) is -0.441. The molecule has 0 fully saturated rings. The number of hydrogen-bond acceptors (Lipinski definition) is 2. The highest BCUT2D eigenvalue weighted by atomic mass is 19.1. The Morgan fingerprint density at radius 2 is 2.50 bits per heavy atom. The van der Waals surface area contributed by atoms with Crippen LogP contribution in [0.1, 0.15) is 1.37 Å². The highest BCUT2D eigenvalue weighted by molar-refractivity contribution is 5.75. The Hall–Kier alpha value is -1.89. The first-order chi connectivity index (χ1) is 6.22. The van der Waals surface area contributed by atoms with E-state index in [-0.39, 0.29) is 6.30 Å². The summed E-state index contributed by atoms with van der Waals surface area (Å²) in [4.78, 5) is 3.77. The van der Waals surface area contributed by atoms with Crippen molar-refractivity contribution in [2.45, 2.75) is 0 Å². The van der Waals surface area contributed by atoms with Crippen molar-refractivity contribution >= 4 is 11.0 Å². The minimum absolute atomic E-state index is 0.178. The molecule has 0 atom stereocenters. The highest BCUT2D eigenvalue weighted by Crippen LogP contribution is 2.12. The Balaban J connectivity index is 2.91. The van der Waals surface area contributed by atoms with Gasteiger partial charge in [-0.1, -0.05) is 0 Å². The lowest BCUT2D eigenvalue weighted by atomic mass is 10.3. The molecule has 2 rings (SSSR count). The van der Waals surface area contributed by atoms with Gasteiger partial charge >= 0.3 is 0 Å². The number of imidazole rings is 1. The molecule has 0 aliphatic rings. The third kappa shape index (κ3) is 0.839. The van der Waals surface area contributed by atoms with E-state index in [1.165, 1.54) is 18.2 Å². The van der Waals surface area contributed by atoms with Gasteiger partial charge in [-0.2, -0.15) is 5.26 Å². The molecule has 0 aliphatic carbocycles. The summed E-state index contributed by atoms with van der Waals surface area (Å²) in [6, 6.07) is 3.87. The van der Waals surface area contributed by atoms with E-state index in [9.17, 15) is 4.39 Å². The number of aromatic nitrogens is 2. The lowest BCUT2D eigenvalue weighted by molar-refractivity contribution is 0.629. The van der Waals surface area contributed by atoms with E-state index in [4.69, 9.17) is 6.63 Å².